The Balaban J connectivity index is 1.38. The monoisotopic (exact) mass is 409 g/mol. The standard InChI is InChI=1S/C22H27N5OS/c1-2-18-15-26-21(29-22(18)23)8-4-3-6-16-9-10-19(25-14-16)27-20(28)12-17-7-5-11-24-13-17/h5,7,9-11,13-14,18,23H,2-4,6,8,12,15H2,1H3,(H,25,27,28). The molecule has 2 aromatic heterocycles. The molecule has 0 bridgehead atoms. The van der Waals surface area contributed by atoms with Crippen LogP contribution in [-0.4, -0.2) is 32.5 Å². The second kappa shape index (κ2) is 10.9. The first-order valence-corrected chi connectivity index (χ1v) is 10.9. The molecule has 6 nitrogen and oxygen atoms in total. The van der Waals surface area contributed by atoms with Gasteiger partial charge in [0.25, 0.3) is 0 Å². The summed E-state index contributed by atoms with van der Waals surface area (Å²) in [5.41, 5.74) is 2.04. The molecule has 1 amide bonds. The lowest BCUT2D eigenvalue weighted by molar-refractivity contribution is -0.115. The normalized spacial score (nSPS) is 16.4. The van der Waals surface area contributed by atoms with Crippen LogP contribution in [0.2, 0.25) is 0 Å². The lowest BCUT2D eigenvalue weighted by atomic mass is 10.1. The molecule has 0 radical (unpaired) electrons. The summed E-state index contributed by atoms with van der Waals surface area (Å²) in [6.45, 7) is 2.89. The minimum absolute atomic E-state index is 0.0973. The molecule has 0 aliphatic carbocycles. The van der Waals surface area contributed by atoms with Crippen LogP contribution < -0.4 is 5.32 Å². The number of pyridine rings is 2. The summed E-state index contributed by atoms with van der Waals surface area (Å²) in [7, 11) is 0. The van der Waals surface area contributed by atoms with Crippen molar-refractivity contribution in [2.75, 3.05) is 11.9 Å². The summed E-state index contributed by atoms with van der Waals surface area (Å²) >= 11 is 1.55. The quantitative estimate of drug-likeness (QED) is 0.596. The number of unbranched alkanes of at least 4 members (excludes halogenated alkanes) is 1. The van der Waals surface area contributed by atoms with Crippen molar-refractivity contribution in [3.8, 4) is 0 Å². The number of nitrogens with one attached hydrogen (secondary N) is 2. The number of amides is 1. The van der Waals surface area contributed by atoms with Gasteiger partial charge in [-0.3, -0.25) is 20.2 Å². The smallest absolute Gasteiger partial charge is 0.230 e. The van der Waals surface area contributed by atoms with Crippen LogP contribution in [0.5, 0.6) is 0 Å². The fourth-order valence-electron chi connectivity index (χ4n) is 3.11. The van der Waals surface area contributed by atoms with Crippen LogP contribution in [0.15, 0.2) is 47.8 Å². The van der Waals surface area contributed by atoms with Gasteiger partial charge in [-0.05, 0) is 55.4 Å². The van der Waals surface area contributed by atoms with E-state index in [1.807, 2.05) is 30.5 Å². The Hall–Kier alpha value is -2.54. The van der Waals surface area contributed by atoms with Crippen molar-refractivity contribution >= 4 is 33.6 Å². The number of aryl methyl sites for hydroxylation is 1. The molecule has 3 rings (SSSR count). The Kier molecular flexibility index (Phi) is 7.93. The summed E-state index contributed by atoms with van der Waals surface area (Å²) in [5, 5.41) is 12.8. The lowest BCUT2D eigenvalue weighted by Gasteiger charge is -2.20. The number of aromatic nitrogens is 2. The summed E-state index contributed by atoms with van der Waals surface area (Å²) in [4.78, 5) is 25.1. The first kappa shape index (κ1) is 21.2. The maximum atomic E-state index is 12.1. The molecular formula is C22H27N5OS. The summed E-state index contributed by atoms with van der Waals surface area (Å²) in [6, 6.07) is 7.57. The van der Waals surface area contributed by atoms with Crippen molar-refractivity contribution in [2.24, 2.45) is 10.9 Å². The second-order valence-electron chi connectivity index (χ2n) is 7.15. The van der Waals surface area contributed by atoms with Crippen molar-refractivity contribution in [2.45, 2.75) is 45.4 Å². The predicted molar refractivity (Wildman–Crippen MR) is 120 cm³/mol. The topological polar surface area (TPSA) is 91.1 Å². The van der Waals surface area contributed by atoms with Crippen LogP contribution in [0.1, 0.15) is 43.7 Å². The van der Waals surface area contributed by atoms with Crippen molar-refractivity contribution < 1.29 is 4.79 Å². The van der Waals surface area contributed by atoms with Gasteiger partial charge in [0.2, 0.25) is 5.91 Å². The van der Waals surface area contributed by atoms with Gasteiger partial charge in [0.15, 0.2) is 0 Å². The number of rotatable bonds is 9. The van der Waals surface area contributed by atoms with Crippen LogP contribution in [0, 0.1) is 11.3 Å². The molecule has 3 heterocycles. The van der Waals surface area contributed by atoms with E-state index < -0.39 is 0 Å². The molecule has 0 spiro atoms. The largest absolute Gasteiger partial charge is 0.310 e. The van der Waals surface area contributed by atoms with Gasteiger partial charge >= 0.3 is 0 Å². The molecule has 1 unspecified atom stereocenters. The van der Waals surface area contributed by atoms with E-state index in [0.717, 1.165) is 59.9 Å². The highest BCUT2D eigenvalue weighted by Gasteiger charge is 2.20. The average molecular weight is 410 g/mol. The number of carbonyl (C=O) groups is 1. The van der Waals surface area contributed by atoms with E-state index in [2.05, 4.69) is 27.2 Å². The van der Waals surface area contributed by atoms with Gasteiger partial charge in [0.05, 0.1) is 16.5 Å². The molecule has 29 heavy (non-hydrogen) atoms. The maximum Gasteiger partial charge on any atom is 0.230 e. The Labute approximate surface area is 176 Å². The molecule has 1 aliphatic rings. The minimum Gasteiger partial charge on any atom is -0.310 e. The molecule has 0 saturated heterocycles. The summed E-state index contributed by atoms with van der Waals surface area (Å²) in [6.07, 6.45) is 10.5. The number of hydrogen-bond donors (Lipinski definition) is 2. The zero-order valence-corrected chi connectivity index (χ0v) is 17.5. The van der Waals surface area contributed by atoms with E-state index in [1.54, 1.807) is 24.2 Å². The van der Waals surface area contributed by atoms with E-state index in [-0.39, 0.29) is 12.3 Å². The van der Waals surface area contributed by atoms with Gasteiger partial charge in [-0.25, -0.2) is 4.98 Å². The van der Waals surface area contributed by atoms with E-state index in [1.165, 1.54) is 0 Å². The highest BCUT2D eigenvalue weighted by molar-refractivity contribution is 8.26. The minimum atomic E-state index is -0.0973. The third-order valence-corrected chi connectivity index (χ3v) is 5.99. The SMILES string of the molecule is CCC1CN=C(CCCCc2ccc(NC(=O)Cc3cccnc3)nc2)SC1=N. The number of aliphatic imine (C=N–C) groups is 1. The zero-order valence-electron chi connectivity index (χ0n) is 16.7. The van der Waals surface area contributed by atoms with Gasteiger partial charge < -0.3 is 5.32 Å². The van der Waals surface area contributed by atoms with Crippen LogP contribution in [0.4, 0.5) is 5.82 Å². The first-order valence-electron chi connectivity index (χ1n) is 10.1. The zero-order chi connectivity index (χ0) is 20.5. The van der Waals surface area contributed by atoms with E-state index >= 15 is 0 Å². The molecule has 1 atom stereocenters. The Morgan fingerprint density at radius 2 is 2.07 bits per heavy atom. The van der Waals surface area contributed by atoms with Gasteiger partial charge in [-0.2, -0.15) is 0 Å². The highest BCUT2D eigenvalue weighted by Crippen LogP contribution is 2.25. The van der Waals surface area contributed by atoms with E-state index in [4.69, 9.17) is 5.41 Å². The van der Waals surface area contributed by atoms with Crippen LogP contribution >= 0.6 is 11.8 Å². The van der Waals surface area contributed by atoms with Crippen LogP contribution in [0.25, 0.3) is 0 Å². The first-order chi connectivity index (χ1) is 14.1. The number of carbonyl (C=O) groups excluding carboxylic acids is 1. The van der Waals surface area contributed by atoms with Crippen LogP contribution in [0.3, 0.4) is 0 Å². The molecule has 0 saturated carbocycles. The van der Waals surface area contributed by atoms with E-state index in [0.29, 0.717) is 11.7 Å². The number of anilines is 1. The highest BCUT2D eigenvalue weighted by atomic mass is 32.2. The Morgan fingerprint density at radius 1 is 1.21 bits per heavy atom. The van der Waals surface area contributed by atoms with Crippen molar-refractivity contribution in [3.05, 3.63) is 54.0 Å². The maximum absolute atomic E-state index is 12.1. The fourth-order valence-corrected chi connectivity index (χ4v) is 4.16. The van der Waals surface area contributed by atoms with Gasteiger partial charge in [0, 0.05) is 31.1 Å². The lowest BCUT2D eigenvalue weighted by Crippen LogP contribution is -2.20. The van der Waals surface area contributed by atoms with Crippen molar-refractivity contribution in [1.82, 2.24) is 9.97 Å². The second-order valence-corrected chi connectivity index (χ2v) is 8.27. The average Bonchev–Trinajstić information content (AvgIpc) is 2.73. The van der Waals surface area contributed by atoms with Crippen molar-refractivity contribution in [1.29, 1.82) is 5.41 Å². The molecule has 2 N–H and O–H groups in total. The predicted octanol–water partition coefficient (Wildman–Crippen LogP) is 4.52. The van der Waals surface area contributed by atoms with Gasteiger partial charge in [0.1, 0.15) is 5.82 Å². The molecule has 2 aromatic rings. The number of hydrogen-bond acceptors (Lipinski definition) is 6. The number of nitrogens with zero attached hydrogens (tertiary/aromatic N) is 3. The molecule has 1 aliphatic heterocycles. The summed E-state index contributed by atoms with van der Waals surface area (Å²) < 4.78 is 0. The Morgan fingerprint density at radius 3 is 2.76 bits per heavy atom. The fraction of sp³-hybridized carbons (Fsp3) is 0.409. The summed E-state index contributed by atoms with van der Waals surface area (Å²) in [5.74, 6) is 0.790. The van der Waals surface area contributed by atoms with E-state index in [9.17, 15) is 4.79 Å². The molecule has 152 valence electrons. The molecular weight excluding hydrogens is 382 g/mol. The van der Waals surface area contributed by atoms with Gasteiger partial charge in [-0.15, -0.1) is 0 Å². The van der Waals surface area contributed by atoms with Crippen LogP contribution in [-0.2, 0) is 17.6 Å². The third-order valence-electron chi connectivity index (χ3n) is 4.87. The van der Waals surface area contributed by atoms with Crippen molar-refractivity contribution in [3.63, 3.8) is 0 Å². The number of thioether (sulfide) groups is 1. The van der Waals surface area contributed by atoms with Gasteiger partial charge in [-0.1, -0.05) is 30.8 Å². The third kappa shape index (κ3) is 6.78. The molecule has 0 aromatic carbocycles. The Bertz CT molecular complexity index is 851. The molecule has 0 fully saturated rings. The molecule has 7 heteroatoms.